The molecule has 9 heteroatoms. The lowest BCUT2D eigenvalue weighted by Gasteiger charge is -1.97. The zero-order chi connectivity index (χ0) is 15.5. The third-order valence-electron chi connectivity index (χ3n) is 2.76. The Labute approximate surface area is 134 Å². The fraction of sp³-hybridized carbons (Fsp3) is 0.154. The van der Waals surface area contributed by atoms with Crippen molar-refractivity contribution < 1.29 is 9.21 Å². The quantitative estimate of drug-likeness (QED) is 0.523. The number of nitrogens with zero attached hydrogens (tertiary/aromatic N) is 5. The standard InChI is InChI=1S/C13H10ClN5O2S/c1-19-7-15-18-13(19)22-6-10(20)12-17-16-11(21-12)8-2-4-9(14)5-3-8/h2-5,7H,6H2,1H3. The van der Waals surface area contributed by atoms with Crippen LogP contribution < -0.4 is 0 Å². The summed E-state index contributed by atoms with van der Waals surface area (Å²) in [5, 5.41) is 16.5. The van der Waals surface area contributed by atoms with Crippen molar-refractivity contribution in [1.29, 1.82) is 0 Å². The van der Waals surface area contributed by atoms with Crippen molar-refractivity contribution in [2.75, 3.05) is 5.75 Å². The Bertz CT molecular complexity index is 799. The van der Waals surface area contributed by atoms with Crippen molar-refractivity contribution in [2.45, 2.75) is 5.16 Å². The summed E-state index contributed by atoms with van der Waals surface area (Å²) in [5.41, 5.74) is 0.705. The number of ketones is 1. The molecule has 0 atom stereocenters. The van der Waals surface area contributed by atoms with Gasteiger partial charge in [0, 0.05) is 17.6 Å². The maximum atomic E-state index is 12.1. The minimum atomic E-state index is -0.263. The van der Waals surface area contributed by atoms with Gasteiger partial charge in [0.15, 0.2) is 5.16 Å². The highest BCUT2D eigenvalue weighted by Gasteiger charge is 2.17. The number of thioether (sulfide) groups is 1. The largest absolute Gasteiger partial charge is 0.414 e. The second-order valence-electron chi connectivity index (χ2n) is 4.36. The Morgan fingerprint density at radius 3 is 2.73 bits per heavy atom. The lowest BCUT2D eigenvalue weighted by atomic mass is 10.2. The summed E-state index contributed by atoms with van der Waals surface area (Å²) in [6.45, 7) is 0. The Balaban J connectivity index is 1.69. The predicted molar refractivity (Wildman–Crippen MR) is 80.8 cm³/mol. The van der Waals surface area contributed by atoms with E-state index in [2.05, 4.69) is 20.4 Å². The molecule has 0 unspecified atom stereocenters. The van der Waals surface area contributed by atoms with E-state index in [-0.39, 0.29) is 23.3 Å². The van der Waals surface area contributed by atoms with E-state index in [0.717, 1.165) is 0 Å². The molecule has 0 bridgehead atoms. The van der Waals surface area contributed by atoms with Gasteiger partial charge in [0.25, 0.3) is 5.89 Å². The van der Waals surface area contributed by atoms with Gasteiger partial charge in [-0.15, -0.1) is 20.4 Å². The number of rotatable bonds is 5. The van der Waals surface area contributed by atoms with E-state index in [4.69, 9.17) is 16.0 Å². The van der Waals surface area contributed by atoms with Gasteiger partial charge in [-0.25, -0.2) is 0 Å². The van der Waals surface area contributed by atoms with Gasteiger partial charge >= 0.3 is 0 Å². The molecule has 0 saturated carbocycles. The van der Waals surface area contributed by atoms with Gasteiger partial charge in [0.05, 0.1) is 5.75 Å². The SMILES string of the molecule is Cn1cnnc1SCC(=O)c1nnc(-c2ccc(Cl)cc2)o1. The molecule has 3 rings (SSSR count). The van der Waals surface area contributed by atoms with Gasteiger partial charge in [-0.2, -0.15) is 0 Å². The lowest BCUT2D eigenvalue weighted by Crippen LogP contribution is -2.04. The van der Waals surface area contributed by atoms with Crippen molar-refractivity contribution in [2.24, 2.45) is 7.05 Å². The van der Waals surface area contributed by atoms with E-state index < -0.39 is 0 Å². The average molecular weight is 336 g/mol. The van der Waals surface area contributed by atoms with Crippen molar-refractivity contribution in [3.05, 3.63) is 41.5 Å². The topological polar surface area (TPSA) is 86.7 Å². The molecule has 0 aliphatic rings. The van der Waals surface area contributed by atoms with Gasteiger partial charge in [-0.05, 0) is 24.3 Å². The first-order chi connectivity index (χ1) is 10.6. The molecule has 1 aromatic carbocycles. The van der Waals surface area contributed by atoms with Gasteiger partial charge in [0.2, 0.25) is 11.7 Å². The van der Waals surface area contributed by atoms with Crippen molar-refractivity contribution in [3.63, 3.8) is 0 Å². The third kappa shape index (κ3) is 3.18. The molecule has 0 N–H and O–H groups in total. The van der Waals surface area contributed by atoms with Crippen LogP contribution in [0.3, 0.4) is 0 Å². The maximum absolute atomic E-state index is 12.1. The first kappa shape index (κ1) is 14.7. The predicted octanol–water partition coefficient (Wildman–Crippen LogP) is 2.49. The van der Waals surface area contributed by atoms with Crippen LogP contribution in [0.15, 0.2) is 40.2 Å². The summed E-state index contributed by atoms with van der Waals surface area (Å²) in [6, 6.07) is 6.93. The monoisotopic (exact) mass is 335 g/mol. The highest BCUT2D eigenvalue weighted by molar-refractivity contribution is 7.99. The number of carbonyl (C=O) groups is 1. The highest BCUT2D eigenvalue weighted by Crippen LogP contribution is 2.21. The van der Waals surface area contributed by atoms with Gasteiger partial charge < -0.3 is 8.98 Å². The number of aryl methyl sites for hydroxylation is 1. The molecular formula is C13H10ClN5O2S. The summed E-state index contributed by atoms with van der Waals surface area (Å²) in [5.74, 6) is 0.137. The molecule has 0 amide bonds. The molecular weight excluding hydrogens is 326 g/mol. The molecule has 0 radical (unpaired) electrons. The van der Waals surface area contributed by atoms with E-state index >= 15 is 0 Å². The molecule has 0 fully saturated rings. The minimum Gasteiger partial charge on any atom is -0.414 e. The fourth-order valence-electron chi connectivity index (χ4n) is 1.64. The van der Waals surface area contributed by atoms with E-state index in [9.17, 15) is 4.79 Å². The van der Waals surface area contributed by atoms with Crippen molar-refractivity contribution in [1.82, 2.24) is 25.0 Å². The number of halogens is 1. The molecule has 0 aliphatic carbocycles. The summed E-state index contributed by atoms with van der Waals surface area (Å²) < 4.78 is 7.13. The summed E-state index contributed by atoms with van der Waals surface area (Å²) in [7, 11) is 1.80. The van der Waals surface area contributed by atoms with Crippen LogP contribution in [-0.2, 0) is 7.05 Å². The van der Waals surface area contributed by atoms with Gasteiger partial charge in [0.1, 0.15) is 6.33 Å². The molecule has 0 spiro atoms. The maximum Gasteiger partial charge on any atom is 0.285 e. The van der Waals surface area contributed by atoms with Gasteiger partial charge in [-0.1, -0.05) is 23.4 Å². The molecule has 7 nitrogen and oxygen atoms in total. The second-order valence-corrected chi connectivity index (χ2v) is 5.73. The zero-order valence-corrected chi connectivity index (χ0v) is 13.0. The van der Waals surface area contributed by atoms with Crippen molar-refractivity contribution in [3.8, 4) is 11.5 Å². The molecule has 0 saturated heterocycles. The Morgan fingerprint density at radius 1 is 1.27 bits per heavy atom. The average Bonchev–Trinajstić information content (AvgIpc) is 3.15. The fourth-order valence-corrected chi connectivity index (χ4v) is 2.51. The van der Waals surface area contributed by atoms with Crippen LogP contribution in [0.4, 0.5) is 0 Å². The Kier molecular flexibility index (Phi) is 4.21. The Morgan fingerprint density at radius 2 is 2.05 bits per heavy atom. The first-order valence-electron chi connectivity index (χ1n) is 6.23. The molecule has 22 heavy (non-hydrogen) atoms. The number of Topliss-reactive ketones (excluding diaryl/α,β-unsaturated/α-hetero) is 1. The first-order valence-corrected chi connectivity index (χ1v) is 7.59. The summed E-state index contributed by atoms with van der Waals surface area (Å²) in [4.78, 5) is 12.1. The van der Waals surface area contributed by atoms with Crippen LogP contribution in [0, 0.1) is 0 Å². The molecule has 112 valence electrons. The van der Waals surface area contributed by atoms with Gasteiger partial charge in [-0.3, -0.25) is 4.79 Å². The number of carbonyl (C=O) groups excluding carboxylic acids is 1. The second kappa shape index (κ2) is 6.29. The zero-order valence-electron chi connectivity index (χ0n) is 11.4. The van der Waals surface area contributed by atoms with Crippen LogP contribution >= 0.6 is 23.4 Å². The Hall–Kier alpha value is -2.19. The lowest BCUT2D eigenvalue weighted by molar-refractivity contribution is 0.0986. The highest BCUT2D eigenvalue weighted by atomic mass is 35.5. The molecule has 3 aromatic rings. The molecule has 2 aromatic heterocycles. The number of aromatic nitrogens is 5. The summed E-state index contributed by atoms with van der Waals surface area (Å²) in [6.07, 6.45) is 1.57. The smallest absolute Gasteiger partial charge is 0.285 e. The normalized spacial score (nSPS) is 10.8. The van der Waals surface area contributed by atoms with E-state index in [1.54, 1.807) is 42.2 Å². The van der Waals surface area contributed by atoms with Crippen LogP contribution in [0.5, 0.6) is 0 Å². The van der Waals surface area contributed by atoms with Crippen molar-refractivity contribution >= 4 is 29.1 Å². The number of hydrogen-bond acceptors (Lipinski definition) is 7. The van der Waals surface area contributed by atoms with E-state index in [1.807, 2.05) is 0 Å². The van der Waals surface area contributed by atoms with E-state index in [0.29, 0.717) is 15.7 Å². The molecule has 0 aliphatic heterocycles. The number of hydrogen-bond donors (Lipinski definition) is 0. The molecule has 2 heterocycles. The minimum absolute atomic E-state index is 0.0281. The van der Waals surface area contributed by atoms with E-state index in [1.165, 1.54) is 11.8 Å². The van der Waals surface area contributed by atoms with Crippen LogP contribution in [-0.4, -0.2) is 36.5 Å². The van der Waals surface area contributed by atoms with Crippen LogP contribution in [0.1, 0.15) is 10.7 Å². The number of benzene rings is 1. The summed E-state index contributed by atoms with van der Waals surface area (Å²) >= 11 is 7.08. The van der Waals surface area contributed by atoms with Crippen LogP contribution in [0.2, 0.25) is 5.02 Å². The van der Waals surface area contributed by atoms with Crippen LogP contribution in [0.25, 0.3) is 11.5 Å². The third-order valence-corrected chi connectivity index (χ3v) is 4.04.